The van der Waals surface area contributed by atoms with Gasteiger partial charge in [0, 0.05) is 12.8 Å². The van der Waals surface area contributed by atoms with Gasteiger partial charge < -0.3 is 18.9 Å². The molecule has 0 spiro atoms. The second kappa shape index (κ2) is 54.5. The van der Waals surface area contributed by atoms with Crippen LogP contribution in [0.1, 0.15) is 322 Å². The Morgan fingerprint density at radius 2 is 0.708 bits per heavy atom. The summed E-state index contributed by atoms with van der Waals surface area (Å²) in [5.74, 6) is -0.791. The number of unbranched alkanes of at least 4 members (excludes halogenated alkanes) is 43. The van der Waals surface area contributed by atoms with Crippen molar-refractivity contribution in [2.45, 2.75) is 328 Å². The van der Waals surface area contributed by atoms with Crippen molar-refractivity contribution in [1.29, 1.82) is 0 Å². The van der Waals surface area contributed by atoms with E-state index < -0.39 is 26.5 Å². The average Bonchev–Trinajstić information content (AvgIpc) is 3.34. The Morgan fingerprint density at radius 1 is 0.417 bits per heavy atom. The van der Waals surface area contributed by atoms with Crippen LogP contribution >= 0.6 is 7.82 Å². The molecule has 0 bridgehead atoms. The fourth-order valence-electron chi connectivity index (χ4n) is 9.43. The van der Waals surface area contributed by atoms with Crippen LogP contribution in [0, 0.1) is 0 Å². The van der Waals surface area contributed by atoms with E-state index in [2.05, 4.69) is 26.0 Å². The highest BCUT2D eigenvalue weighted by molar-refractivity contribution is 7.47. The molecule has 0 fully saturated rings. The lowest BCUT2D eigenvalue weighted by Crippen LogP contribution is -2.37. The van der Waals surface area contributed by atoms with Crippen LogP contribution in [0.4, 0.5) is 0 Å². The lowest BCUT2D eigenvalue weighted by molar-refractivity contribution is -0.870. The van der Waals surface area contributed by atoms with Crippen molar-refractivity contribution in [3.05, 3.63) is 12.2 Å². The number of carbonyl (C=O) groups is 2. The van der Waals surface area contributed by atoms with Gasteiger partial charge in [0.25, 0.3) is 0 Å². The molecule has 0 amide bonds. The number of hydrogen-bond acceptors (Lipinski definition) is 7. The third kappa shape index (κ3) is 58.0. The first-order valence-corrected chi connectivity index (χ1v) is 32.9. The molecule has 0 rings (SSSR count). The van der Waals surface area contributed by atoms with E-state index in [9.17, 15) is 19.0 Å². The largest absolute Gasteiger partial charge is 0.472 e. The molecule has 0 aromatic carbocycles. The number of nitrogens with zero attached hydrogens (tertiary/aromatic N) is 1. The minimum absolute atomic E-state index is 0.0335. The van der Waals surface area contributed by atoms with Gasteiger partial charge in [0.2, 0.25) is 0 Å². The predicted molar refractivity (Wildman–Crippen MR) is 308 cm³/mol. The SMILES string of the molecule is CCCCCC/C=C\CCCCCCCC(=O)OC(COC(=O)CCCCCCCCCCCCCCCCCCCCCCCCCCCCCCCCCCCCC)COP(=O)(O)OCC[N+](C)(C)C. The van der Waals surface area contributed by atoms with Gasteiger partial charge in [-0.15, -0.1) is 0 Å². The van der Waals surface area contributed by atoms with E-state index in [-0.39, 0.29) is 25.6 Å². The molecule has 0 heterocycles. The van der Waals surface area contributed by atoms with Crippen LogP contribution in [0.5, 0.6) is 0 Å². The van der Waals surface area contributed by atoms with E-state index >= 15 is 0 Å². The summed E-state index contributed by atoms with van der Waals surface area (Å²) in [6.45, 7) is 4.46. The quantitative estimate of drug-likeness (QED) is 0.0211. The van der Waals surface area contributed by atoms with Gasteiger partial charge in [-0.2, -0.15) is 0 Å². The highest BCUT2D eigenvalue weighted by Gasteiger charge is 2.27. The summed E-state index contributed by atoms with van der Waals surface area (Å²) in [6, 6.07) is 0. The topological polar surface area (TPSA) is 108 Å². The molecule has 0 saturated carbocycles. The first-order valence-electron chi connectivity index (χ1n) is 31.4. The summed E-state index contributed by atoms with van der Waals surface area (Å²) in [7, 11) is 1.49. The van der Waals surface area contributed by atoms with Gasteiger partial charge in [0.05, 0.1) is 27.7 Å². The van der Waals surface area contributed by atoms with Crippen molar-refractivity contribution in [1.82, 2.24) is 0 Å². The van der Waals surface area contributed by atoms with Gasteiger partial charge in [0.15, 0.2) is 6.10 Å². The number of quaternary nitrogens is 1. The van der Waals surface area contributed by atoms with Crippen molar-refractivity contribution in [2.75, 3.05) is 47.5 Å². The number of likely N-dealkylation sites (N-methyl/N-ethyl adjacent to an activating group) is 1. The van der Waals surface area contributed by atoms with Crippen molar-refractivity contribution < 1.29 is 42.1 Å². The lowest BCUT2D eigenvalue weighted by atomic mass is 10.0. The molecule has 0 aromatic heterocycles. The Hall–Kier alpha value is -1.25. The molecule has 2 atom stereocenters. The van der Waals surface area contributed by atoms with Gasteiger partial charge >= 0.3 is 19.8 Å². The molecule has 2 unspecified atom stereocenters. The third-order valence-electron chi connectivity index (χ3n) is 14.3. The zero-order valence-corrected chi connectivity index (χ0v) is 49.6. The molecule has 0 aromatic rings. The van der Waals surface area contributed by atoms with Crippen molar-refractivity contribution >= 4 is 19.8 Å². The predicted octanol–water partition coefficient (Wildman–Crippen LogP) is 19.6. The number of esters is 2. The summed E-state index contributed by atoms with van der Waals surface area (Å²) < 4.78 is 34.5. The number of hydrogen-bond donors (Lipinski definition) is 1. The molecule has 0 aliphatic carbocycles. The standard InChI is InChI=1S/C62H122NO8P/c1-6-8-10-12-14-16-18-20-21-22-23-24-25-26-27-28-29-30-31-32-33-34-35-36-37-38-39-40-41-43-44-46-48-50-52-54-61(64)68-58-60(59-70-72(66,67)69-57-56-63(3,4)5)71-62(65)55-53-51-49-47-45-42-19-17-15-13-11-9-7-2/h17,19,60H,6-16,18,20-59H2,1-5H3/p+1/b19-17-. The Bertz CT molecular complexity index is 1220. The molecule has 0 aliphatic rings. The number of carbonyl (C=O) groups excluding carboxylic acids is 2. The number of ether oxygens (including phenoxy) is 2. The maximum atomic E-state index is 12.7. The van der Waals surface area contributed by atoms with E-state index in [0.29, 0.717) is 23.9 Å². The maximum absolute atomic E-state index is 12.7. The zero-order valence-electron chi connectivity index (χ0n) is 48.7. The molecule has 428 valence electrons. The summed E-state index contributed by atoms with van der Waals surface area (Å²) in [5, 5.41) is 0. The van der Waals surface area contributed by atoms with Crippen LogP contribution < -0.4 is 0 Å². The van der Waals surface area contributed by atoms with Gasteiger partial charge in [0.1, 0.15) is 19.8 Å². The normalized spacial score (nSPS) is 13.2. The van der Waals surface area contributed by atoms with E-state index in [0.717, 1.165) is 51.4 Å². The minimum Gasteiger partial charge on any atom is -0.462 e. The van der Waals surface area contributed by atoms with Crippen LogP contribution in [0.15, 0.2) is 12.2 Å². The van der Waals surface area contributed by atoms with Gasteiger partial charge in [-0.05, 0) is 38.5 Å². The number of rotatable bonds is 59. The fraction of sp³-hybridized carbons (Fsp3) is 0.935. The minimum atomic E-state index is -4.38. The molecule has 10 heteroatoms. The molecule has 9 nitrogen and oxygen atoms in total. The highest BCUT2D eigenvalue weighted by atomic mass is 31.2. The summed E-state index contributed by atoms with van der Waals surface area (Å²) in [6.07, 6.45) is 64.7. The molecule has 1 N–H and O–H groups in total. The summed E-state index contributed by atoms with van der Waals surface area (Å²) >= 11 is 0. The van der Waals surface area contributed by atoms with E-state index in [1.807, 2.05) is 21.1 Å². The Labute approximate surface area is 447 Å². The summed E-state index contributed by atoms with van der Waals surface area (Å²) in [4.78, 5) is 35.6. The van der Waals surface area contributed by atoms with Crippen LogP contribution in [-0.2, 0) is 32.7 Å². The van der Waals surface area contributed by atoms with Crippen molar-refractivity contribution in [2.24, 2.45) is 0 Å². The molecule has 0 aliphatic heterocycles. The second-order valence-corrected chi connectivity index (χ2v) is 24.3. The highest BCUT2D eigenvalue weighted by Crippen LogP contribution is 2.43. The molecule has 0 radical (unpaired) electrons. The monoisotopic (exact) mass is 1040 g/mol. The molecule has 0 saturated heterocycles. The smallest absolute Gasteiger partial charge is 0.462 e. The van der Waals surface area contributed by atoms with E-state index in [4.69, 9.17) is 18.5 Å². The zero-order chi connectivity index (χ0) is 52.7. The Morgan fingerprint density at radius 3 is 1.04 bits per heavy atom. The maximum Gasteiger partial charge on any atom is 0.472 e. The second-order valence-electron chi connectivity index (χ2n) is 22.8. The van der Waals surface area contributed by atoms with Crippen molar-refractivity contribution in [3.63, 3.8) is 0 Å². The molecular formula is C62H123NO8P+. The Balaban J connectivity index is 3.87. The average molecular weight is 1040 g/mol. The van der Waals surface area contributed by atoms with Gasteiger partial charge in [-0.25, -0.2) is 4.57 Å². The van der Waals surface area contributed by atoms with Gasteiger partial charge in [-0.1, -0.05) is 283 Å². The van der Waals surface area contributed by atoms with Crippen LogP contribution in [0.3, 0.4) is 0 Å². The van der Waals surface area contributed by atoms with E-state index in [1.165, 1.54) is 238 Å². The van der Waals surface area contributed by atoms with Crippen molar-refractivity contribution in [3.8, 4) is 0 Å². The number of allylic oxidation sites excluding steroid dienone is 2. The first kappa shape index (κ1) is 70.8. The van der Waals surface area contributed by atoms with Crippen LogP contribution in [0.2, 0.25) is 0 Å². The molecular weight excluding hydrogens is 918 g/mol. The molecule has 72 heavy (non-hydrogen) atoms. The van der Waals surface area contributed by atoms with E-state index in [1.54, 1.807) is 0 Å². The number of phosphoric acid groups is 1. The fourth-order valence-corrected chi connectivity index (χ4v) is 10.2. The number of phosphoric ester groups is 1. The Kier molecular flexibility index (Phi) is 53.6. The summed E-state index contributed by atoms with van der Waals surface area (Å²) in [5.41, 5.74) is 0. The van der Waals surface area contributed by atoms with Gasteiger partial charge in [-0.3, -0.25) is 18.6 Å². The lowest BCUT2D eigenvalue weighted by Gasteiger charge is -2.24. The van der Waals surface area contributed by atoms with Crippen LogP contribution in [0.25, 0.3) is 0 Å². The third-order valence-corrected chi connectivity index (χ3v) is 15.3. The van der Waals surface area contributed by atoms with Crippen LogP contribution in [-0.4, -0.2) is 74.9 Å². The first-order chi connectivity index (χ1) is 35.0.